The number of hydrogen-bond acceptors (Lipinski definition) is 3. The van der Waals surface area contributed by atoms with E-state index in [1.165, 1.54) is 33.6 Å². The predicted octanol–water partition coefficient (Wildman–Crippen LogP) is 1.11. The summed E-state index contributed by atoms with van der Waals surface area (Å²) in [5.74, 6) is 4.08. The van der Waals surface area contributed by atoms with Crippen molar-refractivity contribution in [3.63, 3.8) is 0 Å². The fourth-order valence-electron chi connectivity index (χ4n) is 3.32. The number of nitrogens with zero attached hydrogens (tertiary/aromatic N) is 1. The van der Waals surface area contributed by atoms with Gasteiger partial charge >= 0.3 is 143 Å². The molecular weight excluding hydrogens is 389 g/mol. The van der Waals surface area contributed by atoms with Gasteiger partial charge in [-0.25, -0.2) is 0 Å². The average Bonchev–Trinajstić information content (AvgIpc) is 3.06. The Morgan fingerprint density at radius 1 is 1.32 bits per heavy atom. The second-order valence-corrected chi connectivity index (χ2v) is 10.2. The second-order valence-electron chi connectivity index (χ2n) is 7.29. The normalized spacial score (nSPS) is 26.5. The molecule has 4 nitrogen and oxygen atoms in total. The van der Waals surface area contributed by atoms with Gasteiger partial charge in [-0.2, -0.15) is 0 Å². The maximum absolute atomic E-state index is 6.35. The van der Waals surface area contributed by atoms with Crippen molar-refractivity contribution in [3.05, 3.63) is 30.9 Å². The zero-order valence-corrected chi connectivity index (χ0v) is 15.9. The molecule has 2 unspecified atom stereocenters. The van der Waals surface area contributed by atoms with Gasteiger partial charge in [-0.1, -0.05) is 0 Å². The molecule has 2 heterocycles. The molecule has 1 fully saturated rings. The van der Waals surface area contributed by atoms with Crippen LogP contribution in [0.3, 0.4) is 0 Å². The van der Waals surface area contributed by atoms with Crippen molar-refractivity contribution in [3.8, 4) is 0 Å². The number of nitrogens with one attached hydrogen (secondary N) is 1. The van der Waals surface area contributed by atoms with Crippen LogP contribution in [0.25, 0.3) is 0 Å². The van der Waals surface area contributed by atoms with Crippen LogP contribution >= 0.6 is 0 Å². The quantitative estimate of drug-likeness (QED) is 0.713. The Morgan fingerprint density at radius 2 is 2.05 bits per heavy atom. The zero-order chi connectivity index (χ0) is 15.9. The van der Waals surface area contributed by atoms with E-state index in [4.69, 9.17) is 10.5 Å². The summed E-state index contributed by atoms with van der Waals surface area (Å²) in [6.07, 6.45) is 3.50. The first-order chi connectivity index (χ1) is 10.3. The molecule has 1 aliphatic carbocycles. The van der Waals surface area contributed by atoms with E-state index in [-0.39, 0.29) is 26.6 Å². The molecule has 0 amide bonds. The van der Waals surface area contributed by atoms with E-state index in [1.807, 2.05) is 6.07 Å². The molecule has 0 aromatic carbocycles. The third-order valence-corrected chi connectivity index (χ3v) is 6.78. The van der Waals surface area contributed by atoms with Gasteiger partial charge in [-0.15, -0.1) is 0 Å². The molecule has 3 N–H and O–H groups in total. The summed E-state index contributed by atoms with van der Waals surface area (Å²) in [5, 5.41) is 7.13. The summed E-state index contributed by atoms with van der Waals surface area (Å²) in [6, 6.07) is 1.97. The summed E-state index contributed by atoms with van der Waals surface area (Å²) in [6.45, 7) is 8.95. The molecule has 1 aromatic heterocycles. The van der Waals surface area contributed by atoms with Crippen molar-refractivity contribution in [1.29, 1.82) is 0 Å². The van der Waals surface area contributed by atoms with Crippen LogP contribution in [0.1, 0.15) is 58.6 Å². The minimum absolute atomic E-state index is 0.0256. The SMILES string of the molecule is CC1=C(C(C)(C)C)OC(C2CCC(c3cc(N)n[nH]3)C2)=C[I-]1. The van der Waals surface area contributed by atoms with Crippen LogP contribution < -0.4 is 26.9 Å². The molecule has 2 atom stereocenters. The summed E-state index contributed by atoms with van der Waals surface area (Å²) >= 11 is -0.0256. The van der Waals surface area contributed by atoms with Crippen molar-refractivity contribution in [2.75, 3.05) is 5.73 Å². The molecule has 2 aliphatic rings. The molecule has 122 valence electrons. The number of allylic oxidation sites excluding steroid dienone is 3. The topological polar surface area (TPSA) is 63.9 Å². The Balaban J connectivity index is 1.69. The van der Waals surface area contributed by atoms with Crippen molar-refractivity contribution in [2.24, 2.45) is 11.3 Å². The fraction of sp³-hybridized carbons (Fsp3) is 0.588. The van der Waals surface area contributed by atoms with Gasteiger partial charge in [0.05, 0.1) is 0 Å². The molecule has 22 heavy (non-hydrogen) atoms. The number of aromatic amines is 1. The molecule has 3 rings (SSSR count). The van der Waals surface area contributed by atoms with E-state index >= 15 is 0 Å². The Kier molecular flexibility index (Phi) is 4.27. The third kappa shape index (κ3) is 3.19. The minimum atomic E-state index is -0.0256. The Bertz CT molecular complexity index is 624. The van der Waals surface area contributed by atoms with Crippen molar-refractivity contribution in [2.45, 2.75) is 52.9 Å². The Hall–Kier alpha value is -0.980. The van der Waals surface area contributed by atoms with Crippen LogP contribution in [-0.4, -0.2) is 10.2 Å². The van der Waals surface area contributed by atoms with Crippen molar-refractivity contribution in [1.82, 2.24) is 10.2 Å². The maximum atomic E-state index is 6.35. The summed E-state index contributed by atoms with van der Waals surface area (Å²) in [4.78, 5) is 0. The molecule has 0 spiro atoms. The van der Waals surface area contributed by atoms with Crippen LogP contribution in [0.15, 0.2) is 25.2 Å². The first kappa shape index (κ1) is 15.9. The van der Waals surface area contributed by atoms with E-state index in [0.717, 1.165) is 6.42 Å². The monoisotopic (exact) mass is 414 g/mol. The number of H-pyrrole nitrogens is 1. The van der Waals surface area contributed by atoms with E-state index in [0.29, 0.717) is 17.7 Å². The van der Waals surface area contributed by atoms with E-state index in [9.17, 15) is 0 Å². The number of anilines is 1. The van der Waals surface area contributed by atoms with Gasteiger partial charge in [-0.3, -0.25) is 0 Å². The predicted molar refractivity (Wildman–Crippen MR) is 84.4 cm³/mol. The number of halogens is 1. The number of rotatable bonds is 2. The van der Waals surface area contributed by atoms with Crippen LogP contribution in [0.5, 0.6) is 0 Å². The zero-order valence-electron chi connectivity index (χ0n) is 13.7. The molecule has 1 aromatic rings. The Labute approximate surface area is 142 Å². The summed E-state index contributed by atoms with van der Waals surface area (Å²) < 4.78 is 10.2. The standard InChI is InChI=1S/C17H25IN3O/c1-10-16(17(2,3)4)22-14(9-18-10)12-6-5-11(7-12)13-8-15(19)21-20-13/h8-9,11-12H,5-7H2,1-4H3,(H3,19,20,21)/q-1. The first-order valence-corrected chi connectivity index (χ1v) is 10.2. The first-order valence-electron chi connectivity index (χ1n) is 7.88. The molecule has 5 heteroatoms. The Morgan fingerprint density at radius 3 is 2.68 bits per heavy atom. The van der Waals surface area contributed by atoms with Gasteiger partial charge in [0.1, 0.15) is 0 Å². The van der Waals surface area contributed by atoms with Crippen LogP contribution in [0.2, 0.25) is 0 Å². The molecule has 1 saturated carbocycles. The van der Waals surface area contributed by atoms with E-state index in [1.54, 1.807) is 0 Å². The number of nitrogens with two attached hydrogens (primary N) is 1. The van der Waals surface area contributed by atoms with Gasteiger partial charge in [0.15, 0.2) is 0 Å². The molecule has 1 aliphatic heterocycles. The van der Waals surface area contributed by atoms with Crippen LogP contribution in [-0.2, 0) is 4.74 Å². The number of ether oxygens (including phenoxy) is 1. The van der Waals surface area contributed by atoms with Crippen molar-refractivity contribution >= 4 is 5.82 Å². The number of hydrogen-bond donors (Lipinski definition) is 2. The van der Waals surface area contributed by atoms with Gasteiger partial charge in [0.25, 0.3) is 0 Å². The molecular formula is C17H25IN3O-. The van der Waals surface area contributed by atoms with E-state index < -0.39 is 0 Å². The van der Waals surface area contributed by atoms with Crippen LogP contribution in [0.4, 0.5) is 5.82 Å². The fourth-order valence-corrected chi connectivity index (χ4v) is 5.93. The molecule has 0 radical (unpaired) electrons. The molecule has 0 saturated heterocycles. The van der Waals surface area contributed by atoms with Gasteiger partial charge in [0.2, 0.25) is 0 Å². The average molecular weight is 414 g/mol. The third-order valence-electron chi connectivity index (χ3n) is 4.43. The van der Waals surface area contributed by atoms with Gasteiger partial charge < -0.3 is 0 Å². The van der Waals surface area contributed by atoms with Gasteiger partial charge in [-0.05, 0) is 0 Å². The summed E-state index contributed by atoms with van der Waals surface area (Å²) in [5.41, 5.74) is 7.00. The second kappa shape index (κ2) is 5.91. The van der Waals surface area contributed by atoms with Gasteiger partial charge in [0, 0.05) is 0 Å². The van der Waals surface area contributed by atoms with Crippen molar-refractivity contribution < 1.29 is 25.9 Å². The number of aromatic nitrogens is 2. The molecule has 0 bridgehead atoms. The number of nitrogen functional groups attached to an aromatic ring is 1. The van der Waals surface area contributed by atoms with E-state index in [2.05, 4.69) is 42.0 Å². The summed E-state index contributed by atoms with van der Waals surface area (Å²) in [7, 11) is 0. The van der Waals surface area contributed by atoms with Crippen LogP contribution in [0, 0.1) is 11.3 Å².